The molecule has 2 aliphatic rings. The van der Waals surface area contributed by atoms with Gasteiger partial charge < -0.3 is 5.32 Å². The van der Waals surface area contributed by atoms with Gasteiger partial charge in [-0.15, -0.1) is 0 Å². The Morgan fingerprint density at radius 2 is 1.25 bits per heavy atom. The van der Waals surface area contributed by atoms with E-state index in [2.05, 4.69) is 33.0 Å². The minimum atomic E-state index is 0.337. The monoisotopic (exact) mass is 223 g/mol. The van der Waals surface area contributed by atoms with Crippen LogP contribution in [0.25, 0.3) is 0 Å². The summed E-state index contributed by atoms with van der Waals surface area (Å²) >= 11 is 0. The van der Waals surface area contributed by atoms with E-state index < -0.39 is 0 Å². The summed E-state index contributed by atoms with van der Waals surface area (Å²) in [5.74, 6) is 1.99. The average Bonchev–Trinajstić information content (AvgIpc) is 2.14. The Kier molecular flexibility index (Phi) is 3.36. The smallest absolute Gasteiger partial charge is 0.0132 e. The molecule has 2 rings (SSSR count). The summed E-state index contributed by atoms with van der Waals surface area (Å²) in [5.41, 5.74) is 0.674. The third-order valence-electron chi connectivity index (χ3n) is 4.54. The van der Waals surface area contributed by atoms with Crippen molar-refractivity contribution in [3.8, 4) is 0 Å². The summed E-state index contributed by atoms with van der Waals surface area (Å²) in [6, 6.07) is 0. The lowest BCUT2D eigenvalue weighted by Gasteiger charge is -2.49. The summed E-state index contributed by atoms with van der Waals surface area (Å²) in [6.45, 7) is 9.51. The Labute approximate surface area is 101 Å². The fraction of sp³-hybridized carbons (Fsp3) is 1.00. The molecule has 1 saturated heterocycles. The lowest BCUT2D eigenvalue weighted by Crippen LogP contribution is -2.58. The third kappa shape index (κ3) is 3.00. The maximum absolute atomic E-state index is 3.80. The maximum atomic E-state index is 3.80. The molecule has 1 heteroatoms. The van der Waals surface area contributed by atoms with Crippen LogP contribution in [0.5, 0.6) is 0 Å². The first kappa shape index (κ1) is 12.4. The van der Waals surface area contributed by atoms with E-state index in [1.54, 1.807) is 0 Å². The number of rotatable bonds is 1. The van der Waals surface area contributed by atoms with Gasteiger partial charge in [0.1, 0.15) is 0 Å². The second-order valence-corrected chi connectivity index (χ2v) is 7.46. The van der Waals surface area contributed by atoms with Crippen molar-refractivity contribution < 1.29 is 0 Å². The highest BCUT2D eigenvalue weighted by molar-refractivity contribution is 4.98. The van der Waals surface area contributed by atoms with Gasteiger partial charge in [-0.2, -0.15) is 0 Å². The topological polar surface area (TPSA) is 12.0 Å². The normalized spacial score (nSPS) is 31.5. The third-order valence-corrected chi connectivity index (χ3v) is 4.54. The van der Waals surface area contributed by atoms with Gasteiger partial charge in [0.25, 0.3) is 0 Å². The molecule has 16 heavy (non-hydrogen) atoms. The summed E-state index contributed by atoms with van der Waals surface area (Å²) < 4.78 is 0. The summed E-state index contributed by atoms with van der Waals surface area (Å²) in [4.78, 5) is 0. The Morgan fingerprint density at radius 1 is 0.750 bits per heavy atom. The second-order valence-electron chi connectivity index (χ2n) is 7.46. The van der Waals surface area contributed by atoms with Crippen molar-refractivity contribution >= 4 is 0 Å². The molecular formula is C15H29N. The quantitative estimate of drug-likeness (QED) is 0.705. The van der Waals surface area contributed by atoms with Crippen LogP contribution in [0.2, 0.25) is 0 Å². The van der Waals surface area contributed by atoms with Crippen molar-refractivity contribution in [1.82, 2.24) is 5.32 Å². The molecule has 1 aliphatic carbocycles. The van der Waals surface area contributed by atoms with Crippen LogP contribution in [0.1, 0.15) is 72.6 Å². The molecule has 1 saturated carbocycles. The van der Waals surface area contributed by atoms with Crippen LogP contribution in [0, 0.1) is 11.8 Å². The molecular weight excluding hydrogens is 194 g/mol. The van der Waals surface area contributed by atoms with Crippen molar-refractivity contribution in [2.24, 2.45) is 11.8 Å². The molecule has 0 aromatic carbocycles. The van der Waals surface area contributed by atoms with Crippen molar-refractivity contribution in [2.45, 2.75) is 83.7 Å². The Morgan fingerprint density at radius 3 is 1.75 bits per heavy atom. The van der Waals surface area contributed by atoms with Crippen LogP contribution in [0.15, 0.2) is 0 Å². The van der Waals surface area contributed by atoms with Crippen molar-refractivity contribution in [1.29, 1.82) is 0 Å². The molecule has 1 N–H and O–H groups in total. The van der Waals surface area contributed by atoms with E-state index in [-0.39, 0.29) is 0 Å². The van der Waals surface area contributed by atoms with E-state index in [4.69, 9.17) is 0 Å². The van der Waals surface area contributed by atoms with Gasteiger partial charge in [0.2, 0.25) is 0 Å². The second kappa shape index (κ2) is 4.33. The fourth-order valence-electron chi connectivity index (χ4n) is 4.34. The highest BCUT2D eigenvalue weighted by Crippen LogP contribution is 2.42. The van der Waals surface area contributed by atoms with Crippen LogP contribution in [-0.4, -0.2) is 11.1 Å². The molecule has 0 aromatic heterocycles. The van der Waals surface area contributed by atoms with E-state index in [1.807, 2.05) is 0 Å². The van der Waals surface area contributed by atoms with Crippen LogP contribution < -0.4 is 5.32 Å². The molecule has 0 unspecified atom stereocenters. The molecule has 1 heterocycles. The first-order chi connectivity index (χ1) is 7.38. The molecule has 1 aliphatic heterocycles. The van der Waals surface area contributed by atoms with Gasteiger partial charge in [0, 0.05) is 11.1 Å². The SMILES string of the molecule is CC1(C)CC(C2CCCCC2)CC(C)(C)N1. The van der Waals surface area contributed by atoms with Crippen molar-refractivity contribution in [3.63, 3.8) is 0 Å². The minimum absolute atomic E-state index is 0.337. The highest BCUT2D eigenvalue weighted by atomic mass is 15.0. The zero-order valence-electron chi connectivity index (χ0n) is 11.6. The predicted octanol–water partition coefficient (Wildman–Crippen LogP) is 4.12. The number of piperidine rings is 1. The Hall–Kier alpha value is -0.0400. The van der Waals surface area contributed by atoms with Crippen molar-refractivity contribution in [2.75, 3.05) is 0 Å². The van der Waals surface area contributed by atoms with Crippen LogP contribution in [0.4, 0.5) is 0 Å². The van der Waals surface area contributed by atoms with E-state index in [0.29, 0.717) is 11.1 Å². The first-order valence-corrected chi connectivity index (χ1v) is 7.17. The van der Waals surface area contributed by atoms with Gasteiger partial charge in [-0.3, -0.25) is 0 Å². The van der Waals surface area contributed by atoms with Gasteiger partial charge in [0.05, 0.1) is 0 Å². The highest BCUT2D eigenvalue weighted by Gasteiger charge is 2.40. The number of hydrogen-bond donors (Lipinski definition) is 1. The van der Waals surface area contributed by atoms with Crippen LogP contribution >= 0.6 is 0 Å². The summed E-state index contributed by atoms with van der Waals surface area (Å²) in [7, 11) is 0. The Bertz CT molecular complexity index is 220. The standard InChI is InChI=1S/C15H29N/c1-14(2)10-13(11-15(3,4)16-14)12-8-6-5-7-9-12/h12-13,16H,5-11H2,1-4H3. The van der Waals surface area contributed by atoms with E-state index >= 15 is 0 Å². The van der Waals surface area contributed by atoms with E-state index in [9.17, 15) is 0 Å². The summed E-state index contributed by atoms with van der Waals surface area (Å²) in [5, 5.41) is 3.80. The van der Waals surface area contributed by atoms with Gasteiger partial charge in [-0.25, -0.2) is 0 Å². The Balaban J connectivity index is 2.03. The van der Waals surface area contributed by atoms with Gasteiger partial charge in [0.15, 0.2) is 0 Å². The predicted molar refractivity (Wildman–Crippen MR) is 70.6 cm³/mol. The molecule has 0 spiro atoms. The molecule has 0 amide bonds. The van der Waals surface area contributed by atoms with Gasteiger partial charge >= 0.3 is 0 Å². The molecule has 0 aromatic rings. The van der Waals surface area contributed by atoms with Crippen LogP contribution in [0.3, 0.4) is 0 Å². The van der Waals surface area contributed by atoms with Crippen LogP contribution in [-0.2, 0) is 0 Å². The first-order valence-electron chi connectivity index (χ1n) is 7.17. The molecule has 0 atom stereocenters. The lowest BCUT2D eigenvalue weighted by molar-refractivity contribution is 0.0780. The van der Waals surface area contributed by atoms with E-state index in [1.165, 1.54) is 44.9 Å². The zero-order chi connectivity index (χ0) is 11.8. The summed E-state index contributed by atoms with van der Waals surface area (Å²) in [6.07, 6.45) is 10.2. The molecule has 0 radical (unpaired) electrons. The average molecular weight is 223 g/mol. The fourth-order valence-corrected chi connectivity index (χ4v) is 4.34. The zero-order valence-corrected chi connectivity index (χ0v) is 11.6. The van der Waals surface area contributed by atoms with Crippen molar-refractivity contribution in [3.05, 3.63) is 0 Å². The molecule has 0 bridgehead atoms. The van der Waals surface area contributed by atoms with Gasteiger partial charge in [-0.05, 0) is 52.4 Å². The largest absolute Gasteiger partial charge is 0.307 e. The number of nitrogens with one attached hydrogen (secondary N) is 1. The lowest BCUT2D eigenvalue weighted by atomic mass is 9.67. The molecule has 1 nitrogen and oxygen atoms in total. The number of hydrogen-bond acceptors (Lipinski definition) is 1. The van der Waals surface area contributed by atoms with E-state index in [0.717, 1.165) is 11.8 Å². The minimum Gasteiger partial charge on any atom is -0.307 e. The molecule has 2 fully saturated rings. The molecule has 94 valence electrons. The van der Waals surface area contributed by atoms with Gasteiger partial charge in [-0.1, -0.05) is 32.1 Å². The maximum Gasteiger partial charge on any atom is 0.0132 e.